The molecule has 0 aliphatic rings. The highest BCUT2D eigenvalue weighted by Gasteiger charge is 2.22. The van der Waals surface area contributed by atoms with Crippen LogP contribution >= 0.6 is 0 Å². The van der Waals surface area contributed by atoms with Crippen molar-refractivity contribution in [3.05, 3.63) is 99.0 Å². The van der Waals surface area contributed by atoms with Gasteiger partial charge < -0.3 is 24.8 Å². The monoisotopic (exact) mass is 434 g/mol. The maximum Gasteiger partial charge on any atom is 0.343 e. The average Bonchev–Trinajstić information content (AvgIpc) is 2.80. The van der Waals surface area contributed by atoms with Crippen LogP contribution < -0.4 is 20.6 Å². The smallest absolute Gasteiger partial charge is 0.343 e. The third kappa shape index (κ3) is 4.02. The highest BCUT2D eigenvalue weighted by molar-refractivity contribution is 5.95. The van der Waals surface area contributed by atoms with Gasteiger partial charge in [-0.3, -0.25) is 15.2 Å². The third-order valence-corrected chi connectivity index (χ3v) is 4.57. The molecule has 32 heavy (non-hydrogen) atoms. The molecular formula is C22H14N2O8-2. The van der Waals surface area contributed by atoms with Crippen molar-refractivity contribution in [2.45, 2.75) is 0 Å². The first-order valence-electron chi connectivity index (χ1n) is 9.16. The molecule has 0 saturated heterocycles. The molecule has 162 valence electrons. The first-order chi connectivity index (χ1) is 15.3. The van der Waals surface area contributed by atoms with E-state index >= 15 is 0 Å². The van der Waals surface area contributed by atoms with E-state index in [1.807, 2.05) is 0 Å². The second-order valence-electron chi connectivity index (χ2n) is 6.63. The van der Waals surface area contributed by atoms with Crippen LogP contribution in [0.1, 0.15) is 10.4 Å². The Labute approximate surface area is 179 Å². The van der Waals surface area contributed by atoms with Gasteiger partial charge in [-0.25, -0.2) is 4.79 Å². The Balaban J connectivity index is 1.85. The summed E-state index contributed by atoms with van der Waals surface area (Å²) in [4.78, 5) is 25.9. The van der Waals surface area contributed by atoms with Gasteiger partial charge in [0.25, 0.3) is 0 Å². The van der Waals surface area contributed by atoms with Crippen molar-refractivity contribution < 1.29 is 24.4 Å². The second kappa shape index (κ2) is 8.49. The van der Waals surface area contributed by atoms with Gasteiger partial charge in [0.2, 0.25) is 11.2 Å². The Morgan fingerprint density at radius 3 is 2.25 bits per heavy atom. The van der Waals surface area contributed by atoms with Crippen molar-refractivity contribution in [1.82, 2.24) is 0 Å². The Morgan fingerprint density at radius 2 is 1.56 bits per heavy atom. The van der Waals surface area contributed by atoms with E-state index in [1.165, 1.54) is 6.07 Å². The van der Waals surface area contributed by atoms with Crippen LogP contribution in [0.15, 0.2) is 82.0 Å². The second-order valence-corrected chi connectivity index (χ2v) is 6.63. The Morgan fingerprint density at radius 1 is 0.906 bits per heavy atom. The van der Waals surface area contributed by atoms with E-state index in [0.29, 0.717) is 5.56 Å². The lowest BCUT2D eigenvalue weighted by atomic mass is 10.1. The molecule has 1 heterocycles. The molecule has 0 bridgehead atoms. The number of fused-ring (bicyclic) bond motifs is 1. The number of rotatable bonds is 5. The van der Waals surface area contributed by atoms with Crippen LogP contribution in [-0.4, -0.2) is 16.4 Å². The molecule has 3 aromatic carbocycles. The zero-order valence-corrected chi connectivity index (χ0v) is 16.2. The molecule has 10 nitrogen and oxygen atoms in total. The maximum atomic E-state index is 13.1. The van der Waals surface area contributed by atoms with E-state index in [-0.39, 0.29) is 27.5 Å². The molecule has 1 aromatic heterocycles. The van der Waals surface area contributed by atoms with Gasteiger partial charge in [-0.2, -0.15) is 0 Å². The molecule has 0 radical (unpaired) electrons. The minimum atomic E-state index is -1.13. The van der Waals surface area contributed by atoms with Crippen molar-refractivity contribution >= 4 is 28.3 Å². The van der Waals surface area contributed by atoms with Crippen LogP contribution in [0.3, 0.4) is 0 Å². The van der Waals surface area contributed by atoms with Crippen LogP contribution in [0.2, 0.25) is 0 Å². The topological polar surface area (TPSA) is 150 Å². The molecule has 10 heteroatoms. The summed E-state index contributed by atoms with van der Waals surface area (Å²) >= 11 is 0. The highest BCUT2D eigenvalue weighted by Crippen LogP contribution is 2.32. The van der Waals surface area contributed by atoms with E-state index in [0.717, 1.165) is 18.2 Å². The fourth-order valence-electron chi connectivity index (χ4n) is 3.08. The summed E-state index contributed by atoms with van der Waals surface area (Å²) < 4.78 is 11.2. The lowest BCUT2D eigenvalue weighted by molar-refractivity contribution is 0.0291. The summed E-state index contributed by atoms with van der Waals surface area (Å²) in [5.41, 5.74) is -1.28. The summed E-state index contributed by atoms with van der Waals surface area (Å²) in [6.45, 7) is 0. The van der Waals surface area contributed by atoms with E-state index in [1.54, 1.807) is 48.5 Å². The lowest BCUT2D eigenvalue weighted by Crippen LogP contribution is -2.18. The predicted octanol–water partition coefficient (Wildman–Crippen LogP) is 4.07. The van der Waals surface area contributed by atoms with Crippen molar-refractivity contribution in [3.8, 4) is 17.1 Å². The number of anilines is 2. The number of nitrogens with zero attached hydrogens (tertiary/aromatic N) is 2. The molecule has 0 amide bonds. The van der Waals surface area contributed by atoms with Crippen molar-refractivity contribution in [1.29, 1.82) is 0 Å². The maximum absolute atomic E-state index is 13.1. The molecule has 0 unspecified atom stereocenters. The first kappa shape index (κ1) is 21.0. The largest absolute Gasteiger partial charge is 0.769 e. The number of hydrogen-bond acceptors (Lipinski definition) is 10. The highest BCUT2D eigenvalue weighted by atomic mass is 16.8. The van der Waals surface area contributed by atoms with Gasteiger partial charge in [0.1, 0.15) is 5.58 Å². The number of hydrogen-bond donors (Lipinski definition) is 2. The van der Waals surface area contributed by atoms with Gasteiger partial charge in [-0.15, -0.1) is 5.23 Å². The van der Waals surface area contributed by atoms with Crippen molar-refractivity contribution in [3.63, 3.8) is 0 Å². The number of carbonyl (C=O) groups is 1. The van der Waals surface area contributed by atoms with Gasteiger partial charge in [-0.1, -0.05) is 42.5 Å². The summed E-state index contributed by atoms with van der Waals surface area (Å²) in [5.74, 6) is -1.53. The average molecular weight is 434 g/mol. The van der Waals surface area contributed by atoms with E-state index in [2.05, 4.69) is 0 Å². The Hall–Kier alpha value is -4.22. The van der Waals surface area contributed by atoms with Gasteiger partial charge in [0.05, 0.1) is 16.6 Å². The molecule has 4 rings (SSSR count). The van der Waals surface area contributed by atoms with E-state index < -0.39 is 33.7 Å². The van der Waals surface area contributed by atoms with Gasteiger partial charge in [0.15, 0.2) is 5.76 Å². The minimum absolute atomic E-state index is 0.000697. The SMILES string of the molecule is O=C(Oc1c(-c2ccccc2)oc2ccccc2c1=O)c1cc(N([O-])[O-])cc(N(O)O)c1. The molecule has 0 saturated carbocycles. The molecule has 0 atom stereocenters. The van der Waals surface area contributed by atoms with Crippen molar-refractivity contribution in [2.75, 3.05) is 10.5 Å². The predicted molar refractivity (Wildman–Crippen MR) is 115 cm³/mol. The Kier molecular flexibility index (Phi) is 5.58. The molecule has 0 aliphatic heterocycles. The van der Waals surface area contributed by atoms with Gasteiger partial charge in [0, 0.05) is 11.3 Å². The normalized spacial score (nSPS) is 10.8. The van der Waals surface area contributed by atoms with Crippen LogP contribution in [0.25, 0.3) is 22.3 Å². The first-order valence-corrected chi connectivity index (χ1v) is 9.16. The molecule has 4 aromatic rings. The zero-order valence-electron chi connectivity index (χ0n) is 16.2. The van der Waals surface area contributed by atoms with Crippen LogP contribution in [0, 0.1) is 10.4 Å². The summed E-state index contributed by atoms with van der Waals surface area (Å²) in [6.07, 6.45) is 0. The third-order valence-electron chi connectivity index (χ3n) is 4.57. The fourth-order valence-corrected chi connectivity index (χ4v) is 3.08. The van der Waals surface area contributed by atoms with Gasteiger partial charge in [-0.05, 0) is 30.3 Å². The number of para-hydroxylation sites is 1. The minimum Gasteiger partial charge on any atom is -0.769 e. The fraction of sp³-hybridized carbons (Fsp3) is 0. The van der Waals surface area contributed by atoms with Crippen LogP contribution in [0.5, 0.6) is 5.75 Å². The quantitative estimate of drug-likeness (QED) is 0.347. The molecule has 2 N–H and O–H groups in total. The molecule has 0 spiro atoms. The van der Waals surface area contributed by atoms with E-state index in [9.17, 15) is 30.4 Å². The number of carbonyl (C=O) groups excluding carboxylic acids is 1. The summed E-state index contributed by atoms with van der Waals surface area (Å²) in [7, 11) is 0. The van der Waals surface area contributed by atoms with Crippen molar-refractivity contribution in [2.24, 2.45) is 0 Å². The van der Waals surface area contributed by atoms with Gasteiger partial charge >= 0.3 is 5.97 Å². The lowest BCUT2D eigenvalue weighted by Gasteiger charge is -2.38. The van der Waals surface area contributed by atoms with E-state index in [4.69, 9.17) is 9.15 Å². The standard InChI is InChI=1S/C22H14N2O8/c25-19-17-8-4-5-9-18(17)31-20(13-6-2-1-3-7-13)21(19)32-22(26)14-10-15(23(27)28)12-16(11-14)24(29)30/h1-12,27-28H/q-2. The number of ether oxygens (including phenoxy) is 1. The number of benzene rings is 3. The molecule has 0 aliphatic carbocycles. The number of esters is 1. The van der Waals surface area contributed by atoms with Crippen LogP contribution in [0.4, 0.5) is 11.4 Å². The van der Waals surface area contributed by atoms with Crippen LogP contribution in [-0.2, 0) is 0 Å². The summed E-state index contributed by atoms with van der Waals surface area (Å²) in [6, 6.07) is 17.6. The zero-order chi connectivity index (χ0) is 22.8. The summed E-state index contributed by atoms with van der Waals surface area (Å²) in [5, 5.41) is 39.8. The molecular weight excluding hydrogens is 420 g/mol. The molecule has 0 fully saturated rings. The Bertz CT molecular complexity index is 1320.